The van der Waals surface area contributed by atoms with E-state index < -0.39 is 32.1 Å². The summed E-state index contributed by atoms with van der Waals surface area (Å²) in [6.07, 6.45) is 9.27. The van der Waals surface area contributed by atoms with Crippen molar-refractivity contribution in [2.75, 3.05) is 14.2 Å². The molecule has 8 rings (SSSR count). The van der Waals surface area contributed by atoms with Crippen molar-refractivity contribution in [1.82, 2.24) is 29.7 Å². The Balaban J connectivity index is 0.000000206. The topological polar surface area (TPSA) is 191 Å². The number of benzene rings is 1. The van der Waals surface area contributed by atoms with Crippen molar-refractivity contribution in [3.8, 4) is 34.9 Å². The Labute approximate surface area is 372 Å². The van der Waals surface area contributed by atoms with Crippen LogP contribution in [0.15, 0.2) is 35.7 Å². The summed E-state index contributed by atoms with van der Waals surface area (Å²) in [4.78, 5) is 45.2. The Morgan fingerprint density at radius 2 is 1.13 bits per heavy atom. The summed E-state index contributed by atoms with van der Waals surface area (Å²) < 4.78 is 79.4. The van der Waals surface area contributed by atoms with Crippen molar-refractivity contribution in [2.24, 2.45) is 0 Å². The van der Waals surface area contributed by atoms with Gasteiger partial charge >= 0.3 is 12.2 Å². The van der Waals surface area contributed by atoms with Crippen LogP contribution in [0.3, 0.4) is 0 Å². The summed E-state index contributed by atoms with van der Waals surface area (Å²) in [5.41, 5.74) is -1.06. The van der Waals surface area contributed by atoms with Gasteiger partial charge < -0.3 is 43.0 Å². The van der Waals surface area contributed by atoms with Crippen molar-refractivity contribution in [3.63, 3.8) is 0 Å². The quantitative estimate of drug-likeness (QED) is 0.177. The molecular formula is C43H56ClFN6O11S. The van der Waals surface area contributed by atoms with Crippen molar-refractivity contribution >= 4 is 33.6 Å². The molecule has 4 aliphatic heterocycles. The summed E-state index contributed by atoms with van der Waals surface area (Å²) in [6.45, 7) is 11.2. The minimum atomic E-state index is -3.53. The number of methoxy groups -OCH3 is 2. The SMILES string of the molecule is COc1c(Cl)ncnc1OC1CC2CC[C@@H](C1)N2C(=O)OC(C)(C)C.COc1c(Oc2ccc(S(=O)(=O)C3CC3)cc2F)ncnc1OC1CC2CC[C@@H](C1)N2C(=O)OC(C)(C)C. The highest BCUT2D eigenvalue weighted by Crippen LogP contribution is 2.43. The van der Waals surface area contributed by atoms with Crippen molar-refractivity contribution < 1.29 is 55.6 Å². The Hall–Kier alpha value is -4.91. The molecule has 4 saturated heterocycles. The predicted octanol–water partition coefficient (Wildman–Crippen LogP) is 8.11. The maximum absolute atomic E-state index is 14.8. The molecule has 2 amide bonds. The summed E-state index contributed by atoms with van der Waals surface area (Å²) >= 11 is 6.02. The van der Waals surface area contributed by atoms with Crippen LogP contribution in [-0.2, 0) is 19.3 Å². The van der Waals surface area contributed by atoms with Gasteiger partial charge in [0, 0.05) is 49.9 Å². The van der Waals surface area contributed by atoms with Crippen molar-refractivity contribution in [1.29, 1.82) is 0 Å². The third-order valence-corrected chi connectivity index (χ3v) is 14.0. The molecule has 4 unspecified atom stereocenters. The average molecular weight is 919 g/mol. The zero-order valence-corrected chi connectivity index (χ0v) is 38.4. The minimum Gasteiger partial charge on any atom is -0.489 e. The van der Waals surface area contributed by atoms with Crippen LogP contribution in [0.25, 0.3) is 0 Å². The average Bonchev–Trinajstić information content (AvgIpc) is 3.97. The number of carbonyl (C=O) groups excluding carboxylic acids is 2. The van der Waals surface area contributed by atoms with E-state index in [1.165, 1.54) is 39.0 Å². The predicted molar refractivity (Wildman–Crippen MR) is 226 cm³/mol. The van der Waals surface area contributed by atoms with Gasteiger partial charge in [0.1, 0.15) is 36.1 Å². The zero-order valence-electron chi connectivity index (χ0n) is 36.8. The summed E-state index contributed by atoms with van der Waals surface area (Å²) in [5.74, 6) is -0.191. The van der Waals surface area contributed by atoms with E-state index in [0.717, 1.165) is 44.6 Å². The first-order chi connectivity index (χ1) is 29.7. The van der Waals surface area contributed by atoms with Crippen LogP contribution in [0.1, 0.15) is 106 Å². The summed E-state index contributed by atoms with van der Waals surface area (Å²) in [7, 11) is -0.631. The Morgan fingerprint density at radius 3 is 1.56 bits per heavy atom. The van der Waals surface area contributed by atoms with Gasteiger partial charge in [0.2, 0.25) is 11.5 Å². The number of ether oxygens (including phenoxy) is 7. The maximum Gasteiger partial charge on any atom is 0.410 e. The molecule has 5 aliphatic rings. The van der Waals surface area contributed by atoms with Gasteiger partial charge in [-0.25, -0.2) is 27.4 Å². The molecule has 0 radical (unpaired) electrons. The first kappa shape index (κ1) is 46.1. The van der Waals surface area contributed by atoms with E-state index >= 15 is 0 Å². The summed E-state index contributed by atoms with van der Waals surface area (Å²) in [5, 5.41) is -0.219. The summed E-state index contributed by atoms with van der Waals surface area (Å²) in [6, 6.07) is 3.79. The molecule has 0 spiro atoms. The number of amides is 2. The number of hydrogen-bond donors (Lipinski definition) is 0. The molecular weight excluding hydrogens is 863 g/mol. The van der Waals surface area contributed by atoms with E-state index in [-0.39, 0.29) is 81.9 Å². The van der Waals surface area contributed by atoms with Crippen molar-refractivity contribution in [2.45, 2.75) is 163 Å². The largest absolute Gasteiger partial charge is 0.489 e. The Kier molecular flexibility index (Phi) is 13.4. The van der Waals surface area contributed by atoms with Gasteiger partial charge in [0.05, 0.1) is 24.4 Å². The molecule has 20 heteroatoms. The van der Waals surface area contributed by atoms with Crippen LogP contribution in [0.2, 0.25) is 5.15 Å². The molecule has 1 aromatic carbocycles. The van der Waals surface area contributed by atoms with Crippen molar-refractivity contribution in [3.05, 3.63) is 41.8 Å². The molecule has 1 saturated carbocycles. The number of sulfone groups is 1. The Bertz CT molecular complexity index is 2250. The van der Waals surface area contributed by atoms with E-state index in [9.17, 15) is 22.4 Å². The fraction of sp³-hybridized carbons (Fsp3) is 0.628. The molecule has 17 nitrogen and oxygen atoms in total. The maximum atomic E-state index is 14.8. The number of carbonyl (C=O) groups is 2. The van der Waals surface area contributed by atoms with Gasteiger partial charge in [-0.15, -0.1) is 0 Å². The van der Waals surface area contributed by atoms with Crippen LogP contribution >= 0.6 is 11.6 Å². The fourth-order valence-corrected chi connectivity index (χ4v) is 10.5. The lowest BCUT2D eigenvalue weighted by Gasteiger charge is -2.39. The van der Waals surface area contributed by atoms with E-state index in [2.05, 4.69) is 19.9 Å². The van der Waals surface area contributed by atoms with Crippen LogP contribution < -0.4 is 23.7 Å². The highest BCUT2D eigenvalue weighted by atomic mass is 35.5. The monoisotopic (exact) mass is 918 g/mol. The molecule has 0 N–H and O–H groups in total. The van der Waals surface area contributed by atoms with Crippen LogP contribution in [0.5, 0.6) is 34.9 Å². The first-order valence-electron chi connectivity index (χ1n) is 21.2. The smallest absolute Gasteiger partial charge is 0.410 e. The standard InChI is InChI=1S/C26H32FN3O7S.C17H24ClN3O4/c1-26(2,3)37-25(31)30-15-5-6-16(30)12-17(11-15)35-23-22(34-4)24(29-14-28-23)36-21-10-9-19(13-20(21)27)38(32,33)18-7-8-18;1-17(2,3)25-16(22)21-10-5-6-11(21)8-12(7-10)24-15-13(23-4)14(18)19-9-20-15/h9-10,13-18H,5-8,11-12H2,1-4H3;9-12H,5-8H2,1-4H3/t15-,16?,17?;10-,11?,12?/m00/s1. The Morgan fingerprint density at radius 1 is 0.683 bits per heavy atom. The van der Waals surface area contributed by atoms with Gasteiger partial charge in [-0.1, -0.05) is 11.6 Å². The molecule has 4 bridgehead atoms. The fourth-order valence-electron chi connectivity index (χ4n) is 8.67. The number of rotatable bonds is 10. The first-order valence-corrected chi connectivity index (χ1v) is 23.2. The minimum absolute atomic E-state index is 0.00307. The highest BCUT2D eigenvalue weighted by Gasteiger charge is 2.47. The van der Waals surface area contributed by atoms with E-state index in [1.807, 2.05) is 51.3 Å². The number of piperidine rings is 2. The number of hydrogen-bond acceptors (Lipinski definition) is 15. The lowest BCUT2D eigenvalue weighted by Crippen LogP contribution is -2.50. The molecule has 5 fully saturated rings. The zero-order chi connectivity index (χ0) is 45.4. The van der Waals surface area contributed by atoms with Gasteiger partial charge in [-0.2, -0.15) is 15.0 Å². The second kappa shape index (κ2) is 18.3. The third kappa shape index (κ3) is 10.7. The lowest BCUT2D eigenvalue weighted by atomic mass is 10.0. The highest BCUT2D eigenvalue weighted by molar-refractivity contribution is 7.92. The normalized spacial score (nSPS) is 24.2. The van der Waals surface area contributed by atoms with Gasteiger partial charge in [0.15, 0.2) is 26.6 Å². The molecule has 63 heavy (non-hydrogen) atoms. The second-order valence-corrected chi connectivity index (χ2v) is 21.0. The van der Waals surface area contributed by atoms with Crippen LogP contribution in [0.4, 0.5) is 14.0 Å². The van der Waals surface area contributed by atoms with Crippen LogP contribution in [-0.4, -0.2) is 117 Å². The molecule has 6 heterocycles. The number of fused-ring (bicyclic) bond motifs is 4. The molecule has 1 aliphatic carbocycles. The lowest BCUT2D eigenvalue weighted by molar-refractivity contribution is -0.00917. The molecule has 2 aromatic heterocycles. The molecule has 3 aromatic rings. The van der Waals surface area contributed by atoms with Gasteiger partial charge in [-0.3, -0.25) is 0 Å². The number of halogens is 2. The molecule has 6 atom stereocenters. The number of nitrogens with zero attached hydrogens (tertiary/aromatic N) is 6. The van der Waals surface area contributed by atoms with Crippen LogP contribution in [0, 0.1) is 5.82 Å². The van der Waals surface area contributed by atoms with Gasteiger partial charge in [0.25, 0.3) is 17.6 Å². The van der Waals surface area contributed by atoms with Gasteiger partial charge in [-0.05, 0) is 98.3 Å². The van der Waals surface area contributed by atoms with E-state index in [4.69, 9.17) is 44.8 Å². The second-order valence-electron chi connectivity index (χ2n) is 18.4. The third-order valence-electron chi connectivity index (χ3n) is 11.4. The van der Waals surface area contributed by atoms with E-state index in [0.29, 0.717) is 37.3 Å². The molecule has 344 valence electrons. The number of aromatic nitrogens is 4. The van der Waals surface area contributed by atoms with E-state index in [1.54, 1.807) is 0 Å².